The summed E-state index contributed by atoms with van der Waals surface area (Å²) >= 11 is 0. The Bertz CT molecular complexity index is 887. The number of non-ortho nitro benzene ring substituents is 1. The molecule has 2 rings (SSSR count). The van der Waals surface area contributed by atoms with Crippen molar-refractivity contribution >= 4 is 17.3 Å². The Morgan fingerprint density at radius 1 is 1.14 bits per heavy atom. The summed E-state index contributed by atoms with van der Waals surface area (Å²) in [5.74, 6) is 1.23. The molecule has 0 unspecified atom stereocenters. The summed E-state index contributed by atoms with van der Waals surface area (Å²) in [6.07, 6.45) is 0. The van der Waals surface area contributed by atoms with Crippen molar-refractivity contribution < 1.29 is 23.9 Å². The Morgan fingerprint density at radius 3 is 2.41 bits per heavy atom. The number of benzene rings is 2. The zero-order chi connectivity index (χ0) is 21.6. The first-order valence-corrected chi connectivity index (χ1v) is 8.85. The van der Waals surface area contributed by atoms with Crippen LogP contribution in [0.4, 0.5) is 11.4 Å². The van der Waals surface area contributed by atoms with E-state index in [4.69, 9.17) is 14.2 Å². The molecule has 0 spiro atoms. The molecule has 0 heterocycles. The van der Waals surface area contributed by atoms with Gasteiger partial charge >= 0.3 is 0 Å². The van der Waals surface area contributed by atoms with E-state index in [-0.39, 0.29) is 17.3 Å². The topological polar surface area (TPSA) is 103 Å². The number of nitrogens with one attached hydrogen (secondary N) is 1. The number of nitrogens with zero attached hydrogens (tertiary/aromatic N) is 2. The molecule has 0 aliphatic heterocycles. The van der Waals surface area contributed by atoms with Gasteiger partial charge in [-0.1, -0.05) is 12.1 Å². The normalized spacial score (nSPS) is 11.7. The molecule has 156 valence electrons. The number of ether oxygens (including phenoxy) is 3. The van der Waals surface area contributed by atoms with Gasteiger partial charge in [0.25, 0.3) is 5.69 Å². The Labute approximate surface area is 169 Å². The number of anilines is 1. The van der Waals surface area contributed by atoms with Gasteiger partial charge < -0.3 is 19.5 Å². The lowest BCUT2D eigenvalue weighted by atomic mass is 10.1. The maximum Gasteiger partial charge on any atom is 0.271 e. The largest absolute Gasteiger partial charge is 0.495 e. The van der Waals surface area contributed by atoms with Crippen LogP contribution in [-0.4, -0.2) is 50.1 Å². The number of amides is 1. The third kappa shape index (κ3) is 5.14. The Morgan fingerprint density at radius 2 is 1.83 bits per heavy atom. The van der Waals surface area contributed by atoms with Gasteiger partial charge in [0.15, 0.2) is 11.5 Å². The molecule has 1 amide bonds. The van der Waals surface area contributed by atoms with Gasteiger partial charge in [0.2, 0.25) is 5.91 Å². The van der Waals surface area contributed by atoms with Gasteiger partial charge in [0, 0.05) is 24.2 Å². The number of hydrogen-bond donors (Lipinski definition) is 1. The summed E-state index contributed by atoms with van der Waals surface area (Å²) in [5, 5.41) is 13.7. The average Bonchev–Trinajstić information content (AvgIpc) is 2.72. The maximum atomic E-state index is 12.7. The van der Waals surface area contributed by atoms with Gasteiger partial charge in [0.1, 0.15) is 5.75 Å². The molecule has 29 heavy (non-hydrogen) atoms. The van der Waals surface area contributed by atoms with Crippen molar-refractivity contribution in [2.75, 3.05) is 33.7 Å². The summed E-state index contributed by atoms with van der Waals surface area (Å²) in [4.78, 5) is 25.1. The number of rotatable bonds is 9. The van der Waals surface area contributed by atoms with Crippen LogP contribution in [0.2, 0.25) is 0 Å². The van der Waals surface area contributed by atoms with Gasteiger partial charge in [-0.15, -0.1) is 0 Å². The monoisotopic (exact) mass is 403 g/mol. The van der Waals surface area contributed by atoms with Crippen molar-refractivity contribution in [1.82, 2.24) is 4.90 Å². The predicted molar refractivity (Wildman–Crippen MR) is 109 cm³/mol. The van der Waals surface area contributed by atoms with E-state index in [2.05, 4.69) is 5.32 Å². The Hall–Kier alpha value is -3.33. The second-order valence-electron chi connectivity index (χ2n) is 6.37. The smallest absolute Gasteiger partial charge is 0.271 e. The number of nitro groups is 1. The number of para-hydroxylation sites is 1. The summed E-state index contributed by atoms with van der Waals surface area (Å²) < 4.78 is 15.9. The lowest BCUT2D eigenvalue weighted by Gasteiger charge is -2.25. The molecule has 0 aliphatic rings. The number of carbonyl (C=O) groups is 1. The zero-order valence-electron chi connectivity index (χ0n) is 17.1. The number of likely N-dealkylation sites (N-methyl/N-ethyl adjacent to an activating group) is 1. The molecule has 0 bridgehead atoms. The summed E-state index contributed by atoms with van der Waals surface area (Å²) in [6.45, 7) is 2.17. The summed E-state index contributed by atoms with van der Waals surface area (Å²) in [5.41, 5.74) is 0.969. The minimum atomic E-state index is -0.533. The molecule has 0 fully saturated rings. The first kappa shape index (κ1) is 22.0. The van der Waals surface area contributed by atoms with Crippen LogP contribution >= 0.6 is 0 Å². The second kappa shape index (κ2) is 9.74. The lowest BCUT2D eigenvalue weighted by molar-refractivity contribution is -0.384. The first-order chi connectivity index (χ1) is 13.8. The van der Waals surface area contributed by atoms with Crippen LogP contribution in [0.3, 0.4) is 0 Å². The average molecular weight is 403 g/mol. The lowest BCUT2D eigenvalue weighted by Crippen LogP contribution is -2.39. The number of methoxy groups -OCH3 is 3. The highest BCUT2D eigenvalue weighted by Gasteiger charge is 2.22. The minimum Gasteiger partial charge on any atom is -0.495 e. The fourth-order valence-corrected chi connectivity index (χ4v) is 2.83. The van der Waals surface area contributed by atoms with Gasteiger partial charge in [-0.2, -0.15) is 0 Å². The van der Waals surface area contributed by atoms with Gasteiger partial charge in [-0.05, 0) is 26.1 Å². The fourth-order valence-electron chi connectivity index (χ4n) is 2.83. The molecule has 0 saturated carbocycles. The van der Waals surface area contributed by atoms with Gasteiger partial charge in [-0.3, -0.25) is 19.8 Å². The molecular weight excluding hydrogens is 378 g/mol. The molecule has 2 aromatic carbocycles. The van der Waals surface area contributed by atoms with E-state index >= 15 is 0 Å². The molecular formula is C20H25N3O6. The molecule has 9 heteroatoms. The molecule has 1 atom stereocenters. The fraction of sp³-hybridized carbons (Fsp3) is 0.350. The molecule has 0 radical (unpaired) electrons. The maximum absolute atomic E-state index is 12.7. The van der Waals surface area contributed by atoms with E-state index in [1.807, 2.05) is 17.0 Å². The van der Waals surface area contributed by atoms with Crippen molar-refractivity contribution in [3.8, 4) is 17.2 Å². The number of nitro benzene ring substituents is 1. The number of carbonyl (C=O) groups excluding carboxylic acids is 1. The van der Waals surface area contributed by atoms with Gasteiger partial charge in [-0.25, -0.2) is 0 Å². The third-order valence-corrected chi connectivity index (χ3v) is 4.60. The standard InChI is InChI=1S/C20H25N3O6/c1-13(22(2)12-14-7-6-8-18(28-4)19(14)29-5)20(24)21-16-11-15(23(25)26)9-10-17(16)27-3/h6-11,13H,12H2,1-5H3,(H,21,24)/t13-/m1/s1. The van der Waals surface area contributed by atoms with Crippen LogP contribution in [-0.2, 0) is 11.3 Å². The van der Waals surface area contributed by atoms with E-state index in [1.54, 1.807) is 34.3 Å². The first-order valence-electron chi connectivity index (χ1n) is 8.85. The van der Waals surface area contributed by atoms with E-state index in [1.165, 1.54) is 25.3 Å². The van der Waals surface area contributed by atoms with Crippen molar-refractivity contribution in [2.45, 2.75) is 19.5 Å². The summed E-state index contributed by atoms with van der Waals surface area (Å²) in [7, 11) is 6.36. The van der Waals surface area contributed by atoms with Crippen molar-refractivity contribution in [2.24, 2.45) is 0 Å². The summed E-state index contributed by atoms with van der Waals surface area (Å²) in [6, 6.07) is 9.05. The Balaban J connectivity index is 2.17. The highest BCUT2D eigenvalue weighted by Crippen LogP contribution is 2.32. The van der Waals surface area contributed by atoms with Crippen molar-refractivity contribution in [1.29, 1.82) is 0 Å². The third-order valence-electron chi connectivity index (χ3n) is 4.60. The van der Waals surface area contributed by atoms with E-state index < -0.39 is 11.0 Å². The second-order valence-corrected chi connectivity index (χ2v) is 6.37. The van der Waals surface area contributed by atoms with E-state index in [9.17, 15) is 14.9 Å². The molecule has 0 saturated heterocycles. The van der Waals surface area contributed by atoms with E-state index in [0.717, 1.165) is 5.56 Å². The van der Waals surface area contributed by atoms with E-state index in [0.29, 0.717) is 23.8 Å². The predicted octanol–water partition coefficient (Wildman–Crippen LogP) is 3.08. The number of hydrogen-bond acceptors (Lipinski definition) is 7. The zero-order valence-corrected chi connectivity index (χ0v) is 17.1. The molecule has 0 aromatic heterocycles. The van der Waals surface area contributed by atoms with Crippen molar-refractivity contribution in [3.63, 3.8) is 0 Å². The van der Waals surface area contributed by atoms with Crippen LogP contribution in [0.1, 0.15) is 12.5 Å². The Kier molecular flexibility index (Phi) is 7.38. The van der Waals surface area contributed by atoms with Crippen LogP contribution < -0.4 is 19.5 Å². The van der Waals surface area contributed by atoms with Crippen LogP contribution in [0.5, 0.6) is 17.2 Å². The highest BCUT2D eigenvalue weighted by atomic mass is 16.6. The SMILES string of the molecule is COc1ccc([N+](=O)[O-])cc1NC(=O)[C@@H](C)N(C)Cc1cccc(OC)c1OC. The highest BCUT2D eigenvalue weighted by molar-refractivity contribution is 5.96. The van der Waals surface area contributed by atoms with Crippen LogP contribution in [0.15, 0.2) is 36.4 Å². The molecule has 9 nitrogen and oxygen atoms in total. The quantitative estimate of drug-likeness (QED) is 0.507. The molecule has 2 aromatic rings. The minimum absolute atomic E-state index is 0.136. The van der Waals surface area contributed by atoms with Crippen LogP contribution in [0, 0.1) is 10.1 Å². The van der Waals surface area contributed by atoms with Crippen LogP contribution in [0.25, 0.3) is 0 Å². The van der Waals surface area contributed by atoms with Crippen molar-refractivity contribution in [3.05, 3.63) is 52.1 Å². The molecule has 1 N–H and O–H groups in total. The van der Waals surface area contributed by atoms with Gasteiger partial charge in [0.05, 0.1) is 38.0 Å². The molecule has 0 aliphatic carbocycles.